The van der Waals surface area contributed by atoms with Gasteiger partial charge in [-0.05, 0) is 31.0 Å². The van der Waals surface area contributed by atoms with Crippen molar-refractivity contribution in [3.8, 4) is 5.75 Å². The molecule has 3 rings (SSSR count). The SMILES string of the molecule is COc1ccc(Cl)cc1C(=O)Nc1nc2c(s1)C(=O)NCCC2. The number of carbonyl (C=O) groups excluding carboxylic acids is 2. The molecule has 0 aliphatic carbocycles. The minimum atomic E-state index is -0.381. The topological polar surface area (TPSA) is 80.3 Å². The van der Waals surface area contributed by atoms with E-state index in [2.05, 4.69) is 15.6 Å². The fourth-order valence-electron chi connectivity index (χ4n) is 2.31. The van der Waals surface area contributed by atoms with E-state index in [-0.39, 0.29) is 11.8 Å². The summed E-state index contributed by atoms with van der Waals surface area (Å²) in [5.41, 5.74) is 1.04. The molecule has 23 heavy (non-hydrogen) atoms. The molecule has 2 aromatic rings. The minimum Gasteiger partial charge on any atom is -0.496 e. The van der Waals surface area contributed by atoms with Gasteiger partial charge in [0.25, 0.3) is 11.8 Å². The van der Waals surface area contributed by atoms with Crippen molar-refractivity contribution in [2.45, 2.75) is 12.8 Å². The normalized spacial score (nSPS) is 13.7. The number of carbonyl (C=O) groups is 2. The molecule has 2 N–H and O–H groups in total. The monoisotopic (exact) mass is 351 g/mol. The first-order chi connectivity index (χ1) is 11.1. The maximum atomic E-state index is 12.4. The Morgan fingerprint density at radius 2 is 2.30 bits per heavy atom. The number of aryl methyl sites for hydroxylation is 1. The first kappa shape index (κ1) is 15.8. The van der Waals surface area contributed by atoms with Crippen molar-refractivity contribution in [2.75, 3.05) is 19.0 Å². The Morgan fingerprint density at radius 1 is 1.48 bits per heavy atom. The Balaban J connectivity index is 1.85. The number of aromatic nitrogens is 1. The lowest BCUT2D eigenvalue weighted by Gasteiger charge is -2.08. The van der Waals surface area contributed by atoms with Gasteiger partial charge in [-0.3, -0.25) is 14.9 Å². The summed E-state index contributed by atoms with van der Waals surface area (Å²) in [5.74, 6) is -0.104. The fraction of sp³-hybridized carbons (Fsp3) is 0.267. The third-order valence-electron chi connectivity index (χ3n) is 3.41. The number of ether oxygens (including phenoxy) is 1. The van der Waals surface area contributed by atoms with Crippen LogP contribution in [0.4, 0.5) is 5.13 Å². The van der Waals surface area contributed by atoms with Gasteiger partial charge < -0.3 is 10.1 Å². The van der Waals surface area contributed by atoms with Crippen LogP contribution in [0.25, 0.3) is 0 Å². The molecule has 1 aliphatic rings. The van der Waals surface area contributed by atoms with Gasteiger partial charge in [0, 0.05) is 11.6 Å². The summed E-state index contributed by atoms with van der Waals surface area (Å²) in [6.45, 7) is 0.642. The Hall–Kier alpha value is -2.12. The molecule has 120 valence electrons. The first-order valence-corrected chi connectivity index (χ1v) is 8.20. The van der Waals surface area contributed by atoms with Gasteiger partial charge in [0.2, 0.25) is 0 Å². The van der Waals surface area contributed by atoms with Crippen molar-refractivity contribution < 1.29 is 14.3 Å². The van der Waals surface area contributed by atoms with Crippen LogP contribution in [0, 0.1) is 0 Å². The summed E-state index contributed by atoms with van der Waals surface area (Å²) >= 11 is 7.11. The predicted molar refractivity (Wildman–Crippen MR) is 88.7 cm³/mol. The van der Waals surface area contributed by atoms with Gasteiger partial charge in [-0.2, -0.15) is 0 Å². The van der Waals surface area contributed by atoms with Crippen LogP contribution in [-0.2, 0) is 6.42 Å². The molecular formula is C15H14ClN3O3S. The lowest BCUT2D eigenvalue weighted by molar-refractivity contribution is 0.0958. The number of thiazole rings is 1. The standard InChI is InChI=1S/C15H14ClN3O3S/c1-22-11-5-4-8(16)7-9(11)13(20)19-15-18-10-3-2-6-17-14(21)12(10)23-15/h4-5,7H,2-3,6H2,1H3,(H,17,21)(H,18,19,20). The highest BCUT2D eigenvalue weighted by Crippen LogP contribution is 2.28. The Morgan fingerprint density at radius 3 is 3.09 bits per heavy atom. The molecule has 0 saturated carbocycles. The van der Waals surface area contributed by atoms with Crippen molar-refractivity contribution in [1.29, 1.82) is 0 Å². The van der Waals surface area contributed by atoms with Gasteiger partial charge in [0.15, 0.2) is 5.13 Å². The van der Waals surface area contributed by atoms with Crippen LogP contribution in [0.5, 0.6) is 5.75 Å². The number of nitrogens with one attached hydrogen (secondary N) is 2. The number of nitrogens with zero attached hydrogens (tertiary/aromatic N) is 1. The van der Waals surface area contributed by atoms with Crippen molar-refractivity contribution in [1.82, 2.24) is 10.3 Å². The molecule has 1 aromatic carbocycles. The van der Waals surface area contributed by atoms with E-state index in [0.29, 0.717) is 39.3 Å². The van der Waals surface area contributed by atoms with E-state index in [4.69, 9.17) is 16.3 Å². The zero-order valence-electron chi connectivity index (χ0n) is 12.3. The molecule has 8 heteroatoms. The average molecular weight is 352 g/mol. The van der Waals surface area contributed by atoms with Crippen LogP contribution in [-0.4, -0.2) is 30.5 Å². The Kier molecular flexibility index (Phi) is 4.49. The number of methoxy groups -OCH3 is 1. The molecule has 1 aliphatic heterocycles. The summed E-state index contributed by atoms with van der Waals surface area (Å²) in [5, 5.41) is 6.34. The molecule has 1 aromatic heterocycles. The zero-order valence-corrected chi connectivity index (χ0v) is 13.9. The van der Waals surface area contributed by atoms with Gasteiger partial charge >= 0.3 is 0 Å². The molecular weight excluding hydrogens is 338 g/mol. The molecule has 2 amide bonds. The number of hydrogen-bond acceptors (Lipinski definition) is 5. The van der Waals surface area contributed by atoms with Gasteiger partial charge in [0.1, 0.15) is 10.6 Å². The first-order valence-electron chi connectivity index (χ1n) is 7.01. The second-order valence-corrected chi connectivity index (χ2v) is 6.39. The predicted octanol–water partition coefficient (Wildman–Crippen LogP) is 2.73. The van der Waals surface area contributed by atoms with Crippen LogP contribution >= 0.6 is 22.9 Å². The van der Waals surface area contributed by atoms with E-state index in [9.17, 15) is 9.59 Å². The van der Waals surface area contributed by atoms with Crippen molar-refractivity contribution in [2.24, 2.45) is 0 Å². The summed E-state index contributed by atoms with van der Waals surface area (Å²) in [6, 6.07) is 4.80. The summed E-state index contributed by atoms with van der Waals surface area (Å²) in [6.07, 6.45) is 1.54. The van der Waals surface area contributed by atoms with Crippen LogP contribution in [0.15, 0.2) is 18.2 Å². The maximum absolute atomic E-state index is 12.4. The number of benzene rings is 1. The summed E-state index contributed by atoms with van der Waals surface area (Å²) < 4.78 is 5.17. The minimum absolute atomic E-state index is 0.143. The van der Waals surface area contributed by atoms with Crippen molar-refractivity contribution in [3.05, 3.63) is 39.4 Å². The number of rotatable bonds is 3. The summed E-state index contributed by atoms with van der Waals surface area (Å²) in [4.78, 5) is 29.3. The average Bonchev–Trinajstić information content (AvgIpc) is 2.86. The van der Waals surface area contributed by atoms with Gasteiger partial charge in [-0.25, -0.2) is 4.98 Å². The third kappa shape index (κ3) is 3.30. The second-order valence-electron chi connectivity index (χ2n) is 4.95. The van der Waals surface area contributed by atoms with Crippen LogP contribution in [0.1, 0.15) is 32.1 Å². The van der Waals surface area contributed by atoms with Crippen molar-refractivity contribution >= 4 is 39.9 Å². The van der Waals surface area contributed by atoms with E-state index in [1.807, 2.05) is 0 Å². The van der Waals surface area contributed by atoms with E-state index in [1.165, 1.54) is 24.5 Å². The van der Waals surface area contributed by atoms with Crippen LogP contribution in [0.3, 0.4) is 0 Å². The largest absolute Gasteiger partial charge is 0.496 e. The number of halogens is 1. The van der Waals surface area contributed by atoms with Crippen LogP contribution in [0.2, 0.25) is 5.02 Å². The summed E-state index contributed by atoms with van der Waals surface area (Å²) in [7, 11) is 1.48. The molecule has 0 fully saturated rings. The fourth-order valence-corrected chi connectivity index (χ4v) is 3.41. The Bertz CT molecular complexity index is 775. The quantitative estimate of drug-likeness (QED) is 0.891. The molecule has 0 bridgehead atoms. The van der Waals surface area contributed by atoms with Gasteiger partial charge in [-0.15, -0.1) is 0 Å². The van der Waals surface area contributed by atoms with Gasteiger partial charge in [-0.1, -0.05) is 22.9 Å². The van der Waals surface area contributed by atoms with Gasteiger partial charge in [0.05, 0.1) is 18.4 Å². The van der Waals surface area contributed by atoms with E-state index < -0.39 is 0 Å². The number of fused-ring (bicyclic) bond motifs is 1. The Labute approximate surface area is 141 Å². The number of hydrogen-bond donors (Lipinski definition) is 2. The highest BCUT2D eigenvalue weighted by molar-refractivity contribution is 7.17. The van der Waals surface area contributed by atoms with Crippen LogP contribution < -0.4 is 15.4 Å². The molecule has 0 saturated heterocycles. The zero-order chi connectivity index (χ0) is 16.4. The lowest BCUT2D eigenvalue weighted by atomic mass is 10.2. The van der Waals surface area contributed by atoms with Crippen molar-refractivity contribution in [3.63, 3.8) is 0 Å². The second kappa shape index (κ2) is 6.55. The molecule has 0 spiro atoms. The highest BCUT2D eigenvalue weighted by Gasteiger charge is 2.22. The maximum Gasteiger partial charge on any atom is 0.263 e. The molecule has 0 radical (unpaired) electrons. The molecule has 6 nitrogen and oxygen atoms in total. The number of amides is 2. The molecule has 0 atom stereocenters. The lowest BCUT2D eigenvalue weighted by Crippen LogP contribution is -2.21. The van der Waals surface area contributed by atoms with E-state index in [1.54, 1.807) is 12.1 Å². The number of anilines is 1. The van der Waals surface area contributed by atoms with E-state index >= 15 is 0 Å². The third-order valence-corrected chi connectivity index (χ3v) is 4.65. The van der Waals surface area contributed by atoms with E-state index in [0.717, 1.165) is 12.1 Å². The smallest absolute Gasteiger partial charge is 0.263 e. The molecule has 0 unspecified atom stereocenters. The highest BCUT2D eigenvalue weighted by atomic mass is 35.5. The molecule has 2 heterocycles.